The number of aliphatic hydroxyl groups excluding tert-OH is 1. The van der Waals surface area contributed by atoms with Crippen molar-refractivity contribution in [2.75, 3.05) is 0 Å². The normalized spacial score (nSPS) is 19.4. The number of rotatable bonds is 5. The van der Waals surface area contributed by atoms with Crippen molar-refractivity contribution in [3.8, 4) is 0 Å². The van der Waals surface area contributed by atoms with E-state index < -0.39 is 0 Å². The van der Waals surface area contributed by atoms with E-state index in [4.69, 9.17) is 4.98 Å². The van der Waals surface area contributed by atoms with Crippen molar-refractivity contribution < 1.29 is 5.11 Å². The molecule has 3 rings (SSSR count). The molecule has 1 fully saturated rings. The highest BCUT2D eigenvalue weighted by atomic mass is 32.1. The Morgan fingerprint density at radius 3 is 2.62 bits per heavy atom. The molecule has 21 heavy (non-hydrogen) atoms. The standard InChI is InChI=1S/C18H25NOS/c1-13(2)12-18(9-5-6-10-18)16(20)11-17-19-14-7-3-4-8-15(14)21-17/h3-4,7-8,13,16,20H,5-6,9-12H2,1-2H3. The van der Waals surface area contributed by atoms with Crippen LogP contribution in [0.1, 0.15) is 51.0 Å². The fraction of sp³-hybridized carbons (Fsp3) is 0.611. The van der Waals surface area contributed by atoms with Gasteiger partial charge in [-0.15, -0.1) is 11.3 Å². The lowest BCUT2D eigenvalue weighted by Crippen LogP contribution is -2.35. The fourth-order valence-electron chi connectivity index (χ4n) is 3.95. The van der Waals surface area contributed by atoms with Crippen molar-refractivity contribution in [2.24, 2.45) is 11.3 Å². The molecular formula is C18H25NOS. The molecule has 0 amide bonds. The van der Waals surface area contributed by atoms with Crippen molar-refractivity contribution >= 4 is 21.6 Å². The lowest BCUT2D eigenvalue weighted by molar-refractivity contribution is 0.0134. The summed E-state index contributed by atoms with van der Waals surface area (Å²) in [5, 5.41) is 12.0. The number of thiazole rings is 1. The van der Waals surface area contributed by atoms with Crippen LogP contribution >= 0.6 is 11.3 Å². The summed E-state index contributed by atoms with van der Waals surface area (Å²) in [6.07, 6.45) is 6.50. The Morgan fingerprint density at radius 2 is 1.95 bits per heavy atom. The second-order valence-electron chi connectivity index (χ2n) is 6.96. The molecule has 1 atom stereocenters. The summed E-state index contributed by atoms with van der Waals surface area (Å²) in [5.41, 5.74) is 1.19. The molecule has 0 aliphatic heterocycles. The van der Waals surface area contributed by atoms with Crippen molar-refractivity contribution in [2.45, 2.75) is 58.5 Å². The van der Waals surface area contributed by atoms with Crippen LogP contribution in [0.5, 0.6) is 0 Å². The highest BCUT2D eigenvalue weighted by Gasteiger charge is 2.41. The first-order valence-electron chi connectivity index (χ1n) is 8.12. The molecule has 0 radical (unpaired) electrons. The van der Waals surface area contributed by atoms with Gasteiger partial charge in [-0.25, -0.2) is 4.98 Å². The lowest BCUT2D eigenvalue weighted by Gasteiger charge is -2.35. The molecule has 1 aliphatic rings. The minimum Gasteiger partial charge on any atom is -0.392 e. The second-order valence-corrected chi connectivity index (χ2v) is 8.08. The van der Waals surface area contributed by atoms with Gasteiger partial charge in [-0.3, -0.25) is 0 Å². The van der Waals surface area contributed by atoms with E-state index in [9.17, 15) is 5.11 Å². The molecule has 1 unspecified atom stereocenters. The average molecular weight is 303 g/mol. The van der Waals surface area contributed by atoms with E-state index in [-0.39, 0.29) is 11.5 Å². The number of hydrogen-bond acceptors (Lipinski definition) is 3. The minimum absolute atomic E-state index is 0.131. The first-order valence-corrected chi connectivity index (χ1v) is 8.93. The number of aromatic nitrogens is 1. The van der Waals surface area contributed by atoms with Crippen molar-refractivity contribution in [1.29, 1.82) is 0 Å². The van der Waals surface area contributed by atoms with Gasteiger partial charge in [-0.1, -0.05) is 38.8 Å². The Balaban J connectivity index is 1.78. The third kappa shape index (κ3) is 3.14. The number of para-hydroxylation sites is 1. The zero-order valence-corrected chi connectivity index (χ0v) is 13.8. The summed E-state index contributed by atoms with van der Waals surface area (Å²) in [6.45, 7) is 4.54. The molecule has 2 aromatic rings. The highest BCUT2D eigenvalue weighted by Crippen LogP contribution is 2.47. The molecule has 0 spiro atoms. The maximum Gasteiger partial charge on any atom is 0.0964 e. The largest absolute Gasteiger partial charge is 0.392 e. The Labute approximate surface area is 131 Å². The molecule has 1 aromatic carbocycles. The summed E-state index contributed by atoms with van der Waals surface area (Å²) < 4.78 is 1.23. The molecule has 2 nitrogen and oxygen atoms in total. The van der Waals surface area contributed by atoms with Gasteiger partial charge in [0.2, 0.25) is 0 Å². The second kappa shape index (κ2) is 6.05. The molecule has 1 saturated carbocycles. The third-order valence-corrected chi connectivity index (χ3v) is 5.89. The SMILES string of the molecule is CC(C)CC1(C(O)Cc2nc3ccccc3s2)CCCC1. The molecule has 1 heterocycles. The Kier molecular flexibility index (Phi) is 4.32. The number of aliphatic hydroxyl groups is 1. The van der Waals surface area contributed by atoms with Gasteiger partial charge in [0.05, 0.1) is 21.3 Å². The summed E-state index contributed by atoms with van der Waals surface area (Å²) in [5.74, 6) is 0.646. The lowest BCUT2D eigenvalue weighted by atomic mass is 9.73. The van der Waals surface area contributed by atoms with Gasteiger partial charge < -0.3 is 5.11 Å². The van der Waals surface area contributed by atoms with Gasteiger partial charge in [0.15, 0.2) is 0 Å². The van der Waals surface area contributed by atoms with Crippen LogP contribution in [0.4, 0.5) is 0 Å². The van der Waals surface area contributed by atoms with Crippen molar-refractivity contribution in [3.63, 3.8) is 0 Å². The molecule has 3 heteroatoms. The summed E-state index contributed by atoms with van der Waals surface area (Å²) >= 11 is 1.73. The number of fused-ring (bicyclic) bond motifs is 1. The molecule has 1 N–H and O–H groups in total. The highest BCUT2D eigenvalue weighted by molar-refractivity contribution is 7.18. The molecule has 114 valence electrons. The number of hydrogen-bond donors (Lipinski definition) is 1. The molecular weight excluding hydrogens is 278 g/mol. The zero-order chi connectivity index (χ0) is 14.9. The van der Waals surface area contributed by atoms with E-state index in [0.29, 0.717) is 12.3 Å². The summed E-state index contributed by atoms with van der Waals surface area (Å²) in [4.78, 5) is 4.69. The first-order chi connectivity index (χ1) is 10.1. The van der Waals surface area contributed by atoms with Gasteiger partial charge in [-0.05, 0) is 42.7 Å². The van der Waals surface area contributed by atoms with Crippen LogP contribution in [0.3, 0.4) is 0 Å². The number of nitrogens with zero attached hydrogens (tertiary/aromatic N) is 1. The maximum absolute atomic E-state index is 10.9. The van der Waals surface area contributed by atoms with Gasteiger partial charge >= 0.3 is 0 Å². The van der Waals surface area contributed by atoms with Gasteiger partial charge in [-0.2, -0.15) is 0 Å². The van der Waals surface area contributed by atoms with Crippen LogP contribution < -0.4 is 0 Å². The van der Waals surface area contributed by atoms with Crippen LogP contribution in [0.25, 0.3) is 10.2 Å². The zero-order valence-electron chi connectivity index (χ0n) is 13.0. The van der Waals surface area contributed by atoms with Crippen LogP contribution in [-0.4, -0.2) is 16.2 Å². The van der Waals surface area contributed by atoms with Crippen molar-refractivity contribution in [3.05, 3.63) is 29.3 Å². The average Bonchev–Trinajstić information content (AvgIpc) is 3.04. The molecule has 0 bridgehead atoms. The van der Waals surface area contributed by atoms with E-state index in [1.807, 2.05) is 6.07 Å². The van der Waals surface area contributed by atoms with Gasteiger partial charge in [0, 0.05) is 6.42 Å². The molecule has 0 saturated heterocycles. The van der Waals surface area contributed by atoms with Crippen LogP contribution in [0.15, 0.2) is 24.3 Å². The fourth-order valence-corrected chi connectivity index (χ4v) is 4.96. The van der Waals surface area contributed by atoms with E-state index in [1.54, 1.807) is 11.3 Å². The molecule has 1 aliphatic carbocycles. The van der Waals surface area contributed by atoms with E-state index in [2.05, 4.69) is 32.0 Å². The Morgan fingerprint density at radius 1 is 1.24 bits per heavy atom. The topological polar surface area (TPSA) is 33.1 Å². The van der Waals surface area contributed by atoms with Crippen LogP contribution in [0, 0.1) is 11.3 Å². The molecule has 1 aromatic heterocycles. The van der Waals surface area contributed by atoms with Crippen LogP contribution in [0.2, 0.25) is 0 Å². The quantitative estimate of drug-likeness (QED) is 0.860. The number of benzene rings is 1. The van der Waals surface area contributed by atoms with E-state index >= 15 is 0 Å². The summed E-state index contributed by atoms with van der Waals surface area (Å²) in [6, 6.07) is 8.25. The third-order valence-electron chi connectivity index (χ3n) is 4.83. The van der Waals surface area contributed by atoms with Gasteiger partial charge in [0.1, 0.15) is 0 Å². The Bertz CT molecular complexity index is 565. The monoisotopic (exact) mass is 303 g/mol. The van der Waals surface area contributed by atoms with Gasteiger partial charge in [0.25, 0.3) is 0 Å². The smallest absolute Gasteiger partial charge is 0.0964 e. The Hall–Kier alpha value is -0.930. The first kappa shape index (κ1) is 15.0. The van der Waals surface area contributed by atoms with Crippen molar-refractivity contribution in [1.82, 2.24) is 4.98 Å². The van der Waals surface area contributed by atoms with E-state index in [1.165, 1.54) is 30.4 Å². The minimum atomic E-state index is -0.247. The van der Waals surface area contributed by atoms with E-state index in [0.717, 1.165) is 16.9 Å². The predicted octanol–water partition coefficient (Wildman–Crippen LogP) is 4.81. The summed E-state index contributed by atoms with van der Waals surface area (Å²) in [7, 11) is 0. The maximum atomic E-state index is 10.9. The van der Waals surface area contributed by atoms with Crippen LogP contribution in [-0.2, 0) is 6.42 Å². The predicted molar refractivity (Wildman–Crippen MR) is 89.7 cm³/mol.